The third kappa shape index (κ3) is 3.26. The van der Waals surface area contributed by atoms with Crippen LogP contribution in [-0.2, 0) is 4.79 Å². The van der Waals surface area contributed by atoms with Crippen molar-refractivity contribution in [1.82, 2.24) is 10.2 Å². The van der Waals surface area contributed by atoms with E-state index in [4.69, 9.17) is 0 Å². The zero-order valence-corrected chi connectivity index (χ0v) is 12.3. The maximum Gasteiger partial charge on any atom is 0.251 e. The Bertz CT molecular complexity index is 509. The first-order chi connectivity index (χ1) is 10.2. The predicted octanol–water partition coefficient (Wildman–Crippen LogP) is 2.21. The molecule has 1 aliphatic heterocycles. The van der Waals surface area contributed by atoms with Gasteiger partial charge in [-0.1, -0.05) is 31.0 Å². The van der Waals surface area contributed by atoms with E-state index < -0.39 is 0 Å². The van der Waals surface area contributed by atoms with Crippen LogP contribution in [-0.4, -0.2) is 35.8 Å². The number of rotatable bonds is 3. The highest BCUT2D eigenvalue weighted by atomic mass is 16.2. The second-order valence-electron chi connectivity index (χ2n) is 6.09. The Balaban J connectivity index is 1.52. The smallest absolute Gasteiger partial charge is 0.251 e. The van der Waals surface area contributed by atoms with Crippen molar-refractivity contribution in [3.05, 3.63) is 35.9 Å². The van der Waals surface area contributed by atoms with E-state index in [0.717, 1.165) is 25.8 Å². The summed E-state index contributed by atoms with van der Waals surface area (Å²) < 4.78 is 0. The molecule has 2 aliphatic rings. The lowest BCUT2D eigenvalue weighted by molar-refractivity contribution is -0.134. The molecule has 1 saturated heterocycles. The van der Waals surface area contributed by atoms with Gasteiger partial charge >= 0.3 is 0 Å². The normalized spacial score (nSPS) is 22.5. The molecule has 1 aromatic carbocycles. The molecule has 1 saturated carbocycles. The maximum atomic E-state index is 12.4. The van der Waals surface area contributed by atoms with E-state index in [2.05, 4.69) is 5.32 Å². The SMILES string of the molecule is O=C(NC1CCN(C(=O)C2CCCC2)C1)c1ccccc1. The van der Waals surface area contributed by atoms with E-state index in [1.54, 1.807) is 0 Å². The third-order valence-corrected chi connectivity index (χ3v) is 4.58. The number of carbonyl (C=O) groups is 2. The zero-order chi connectivity index (χ0) is 14.7. The van der Waals surface area contributed by atoms with Crippen LogP contribution in [0.1, 0.15) is 42.5 Å². The van der Waals surface area contributed by atoms with E-state index in [1.807, 2.05) is 35.2 Å². The summed E-state index contributed by atoms with van der Waals surface area (Å²) in [7, 11) is 0. The molecule has 2 fully saturated rings. The second kappa shape index (κ2) is 6.29. The number of nitrogens with one attached hydrogen (secondary N) is 1. The van der Waals surface area contributed by atoms with Crippen LogP contribution in [0.4, 0.5) is 0 Å². The monoisotopic (exact) mass is 286 g/mol. The Morgan fingerprint density at radius 1 is 1.05 bits per heavy atom. The highest BCUT2D eigenvalue weighted by Gasteiger charge is 2.32. The molecule has 0 spiro atoms. The standard InChI is InChI=1S/C17H22N2O2/c20-16(13-6-2-1-3-7-13)18-15-10-11-19(12-15)17(21)14-8-4-5-9-14/h1-3,6-7,14-15H,4-5,8-12H2,(H,18,20). The van der Waals surface area contributed by atoms with Crippen LogP contribution < -0.4 is 5.32 Å². The lowest BCUT2D eigenvalue weighted by atomic mass is 10.1. The van der Waals surface area contributed by atoms with E-state index in [-0.39, 0.29) is 17.9 Å². The van der Waals surface area contributed by atoms with Crippen LogP contribution in [0.5, 0.6) is 0 Å². The second-order valence-corrected chi connectivity index (χ2v) is 6.09. The van der Waals surface area contributed by atoms with Gasteiger partial charge in [-0.3, -0.25) is 9.59 Å². The Kier molecular flexibility index (Phi) is 4.23. The number of carbonyl (C=O) groups excluding carboxylic acids is 2. The summed E-state index contributed by atoms with van der Waals surface area (Å²) in [6, 6.07) is 9.33. The van der Waals surface area contributed by atoms with Gasteiger partial charge in [0.2, 0.25) is 5.91 Å². The minimum atomic E-state index is -0.0456. The molecular formula is C17H22N2O2. The third-order valence-electron chi connectivity index (χ3n) is 4.58. The van der Waals surface area contributed by atoms with E-state index >= 15 is 0 Å². The number of amides is 2. The van der Waals surface area contributed by atoms with Crippen molar-refractivity contribution in [3.63, 3.8) is 0 Å². The molecular weight excluding hydrogens is 264 g/mol. The molecule has 3 rings (SSSR count). The quantitative estimate of drug-likeness (QED) is 0.926. The Morgan fingerprint density at radius 2 is 1.76 bits per heavy atom. The molecule has 4 heteroatoms. The van der Waals surface area contributed by atoms with Crippen molar-refractivity contribution in [3.8, 4) is 0 Å². The fourth-order valence-corrected chi connectivity index (χ4v) is 3.37. The van der Waals surface area contributed by atoms with Crippen LogP contribution in [0, 0.1) is 5.92 Å². The number of hydrogen-bond acceptors (Lipinski definition) is 2. The van der Waals surface area contributed by atoms with Gasteiger partial charge in [0.25, 0.3) is 5.91 Å². The molecule has 1 N–H and O–H groups in total. The first kappa shape index (κ1) is 14.1. The molecule has 1 atom stereocenters. The molecule has 0 bridgehead atoms. The van der Waals surface area contributed by atoms with Gasteiger partial charge in [-0.2, -0.15) is 0 Å². The molecule has 2 amide bonds. The Labute approximate surface area is 125 Å². The molecule has 112 valence electrons. The topological polar surface area (TPSA) is 49.4 Å². The largest absolute Gasteiger partial charge is 0.347 e. The van der Waals surface area contributed by atoms with Crippen LogP contribution >= 0.6 is 0 Å². The summed E-state index contributed by atoms with van der Waals surface area (Å²) in [5.74, 6) is 0.480. The van der Waals surface area contributed by atoms with Gasteiger partial charge in [0.1, 0.15) is 0 Å². The molecule has 4 nitrogen and oxygen atoms in total. The first-order valence-electron chi connectivity index (χ1n) is 7.89. The van der Waals surface area contributed by atoms with Crippen LogP contribution in [0.3, 0.4) is 0 Å². The minimum Gasteiger partial charge on any atom is -0.347 e. The van der Waals surface area contributed by atoms with Gasteiger partial charge < -0.3 is 10.2 Å². The zero-order valence-electron chi connectivity index (χ0n) is 12.3. The fourth-order valence-electron chi connectivity index (χ4n) is 3.37. The summed E-state index contributed by atoms with van der Waals surface area (Å²) in [6.07, 6.45) is 5.29. The van der Waals surface area contributed by atoms with Crippen molar-refractivity contribution in [2.75, 3.05) is 13.1 Å². The number of hydrogen-bond donors (Lipinski definition) is 1. The highest BCUT2D eigenvalue weighted by molar-refractivity contribution is 5.94. The first-order valence-corrected chi connectivity index (χ1v) is 7.89. The number of likely N-dealkylation sites (tertiary alicyclic amines) is 1. The van der Waals surface area contributed by atoms with Gasteiger partial charge in [-0.05, 0) is 31.4 Å². The summed E-state index contributed by atoms with van der Waals surface area (Å²) in [4.78, 5) is 26.4. The van der Waals surface area contributed by atoms with Crippen molar-refractivity contribution in [2.45, 2.75) is 38.1 Å². The van der Waals surface area contributed by atoms with E-state index in [1.165, 1.54) is 12.8 Å². The van der Waals surface area contributed by atoms with E-state index in [0.29, 0.717) is 18.0 Å². The summed E-state index contributed by atoms with van der Waals surface area (Å²) in [6.45, 7) is 1.43. The van der Waals surface area contributed by atoms with Crippen LogP contribution in [0.25, 0.3) is 0 Å². The minimum absolute atomic E-state index is 0.0456. The maximum absolute atomic E-state index is 12.4. The average Bonchev–Trinajstić information content (AvgIpc) is 3.19. The van der Waals surface area contributed by atoms with Gasteiger partial charge in [-0.15, -0.1) is 0 Å². The van der Waals surface area contributed by atoms with Crippen molar-refractivity contribution >= 4 is 11.8 Å². The fraction of sp³-hybridized carbons (Fsp3) is 0.529. The number of nitrogens with zero attached hydrogens (tertiary/aromatic N) is 1. The van der Waals surface area contributed by atoms with E-state index in [9.17, 15) is 9.59 Å². The van der Waals surface area contributed by atoms with Crippen molar-refractivity contribution < 1.29 is 9.59 Å². The van der Waals surface area contributed by atoms with Gasteiger partial charge in [0.05, 0.1) is 0 Å². The van der Waals surface area contributed by atoms with Gasteiger partial charge in [-0.25, -0.2) is 0 Å². The van der Waals surface area contributed by atoms with Gasteiger partial charge in [0, 0.05) is 30.6 Å². The average molecular weight is 286 g/mol. The van der Waals surface area contributed by atoms with Crippen molar-refractivity contribution in [2.24, 2.45) is 5.92 Å². The van der Waals surface area contributed by atoms with Gasteiger partial charge in [0.15, 0.2) is 0 Å². The van der Waals surface area contributed by atoms with Crippen molar-refractivity contribution in [1.29, 1.82) is 0 Å². The lowest BCUT2D eigenvalue weighted by Gasteiger charge is -2.20. The van der Waals surface area contributed by atoms with Crippen LogP contribution in [0.2, 0.25) is 0 Å². The number of benzene rings is 1. The summed E-state index contributed by atoms with van der Waals surface area (Å²) >= 11 is 0. The predicted molar refractivity (Wildman–Crippen MR) is 80.9 cm³/mol. The lowest BCUT2D eigenvalue weighted by Crippen LogP contribution is -2.39. The Morgan fingerprint density at radius 3 is 2.48 bits per heavy atom. The molecule has 1 aliphatic carbocycles. The molecule has 0 aromatic heterocycles. The molecule has 1 heterocycles. The molecule has 21 heavy (non-hydrogen) atoms. The molecule has 1 unspecified atom stereocenters. The Hall–Kier alpha value is -1.84. The molecule has 1 aromatic rings. The highest BCUT2D eigenvalue weighted by Crippen LogP contribution is 2.27. The molecule has 0 radical (unpaired) electrons. The van der Waals surface area contributed by atoms with Crippen LogP contribution in [0.15, 0.2) is 30.3 Å². The summed E-state index contributed by atoms with van der Waals surface area (Å²) in [5.41, 5.74) is 0.679. The summed E-state index contributed by atoms with van der Waals surface area (Å²) in [5, 5.41) is 3.04.